The monoisotopic (exact) mass is 267 g/mol. The number of anilines is 1. The summed E-state index contributed by atoms with van der Waals surface area (Å²) in [6.45, 7) is 5.93. The molecule has 100 valence electrons. The number of aromatic nitrogens is 1. The van der Waals surface area contributed by atoms with Crippen molar-refractivity contribution in [1.82, 2.24) is 9.27 Å². The van der Waals surface area contributed by atoms with Crippen LogP contribution in [0, 0.1) is 12.8 Å². The number of aryl methyl sites for hydroxylation is 1. The molecule has 1 N–H and O–H groups in total. The zero-order valence-electron chi connectivity index (χ0n) is 11.3. The average molecular weight is 267 g/mol. The van der Waals surface area contributed by atoms with Gasteiger partial charge in [0.2, 0.25) is 0 Å². The van der Waals surface area contributed by atoms with Gasteiger partial charge in [-0.15, -0.1) is 0 Å². The molecule has 4 nitrogen and oxygen atoms in total. The van der Waals surface area contributed by atoms with E-state index in [0.29, 0.717) is 0 Å². The quantitative estimate of drug-likeness (QED) is 0.896. The first kappa shape index (κ1) is 13.3. The highest BCUT2D eigenvalue weighted by molar-refractivity contribution is 7.10. The molecule has 1 unspecified atom stereocenters. The molecule has 1 aromatic heterocycles. The topological polar surface area (TPSA) is 45.2 Å². The van der Waals surface area contributed by atoms with Crippen LogP contribution >= 0.6 is 11.5 Å². The van der Waals surface area contributed by atoms with E-state index in [4.69, 9.17) is 0 Å². The number of nitrogens with zero attached hydrogens (tertiary/aromatic N) is 2. The van der Waals surface area contributed by atoms with Crippen molar-refractivity contribution in [2.45, 2.75) is 33.1 Å². The van der Waals surface area contributed by atoms with E-state index in [9.17, 15) is 4.79 Å². The predicted molar refractivity (Wildman–Crippen MR) is 75.3 cm³/mol. The van der Waals surface area contributed by atoms with Crippen LogP contribution < -0.4 is 5.32 Å². The molecule has 0 saturated carbocycles. The van der Waals surface area contributed by atoms with E-state index < -0.39 is 0 Å². The summed E-state index contributed by atoms with van der Waals surface area (Å²) in [4.78, 5) is 14.6. The van der Waals surface area contributed by atoms with Crippen LogP contribution in [0.3, 0.4) is 0 Å². The summed E-state index contributed by atoms with van der Waals surface area (Å²) in [6.07, 6.45) is 3.44. The van der Waals surface area contributed by atoms with Gasteiger partial charge in [-0.2, -0.15) is 4.37 Å². The summed E-state index contributed by atoms with van der Waals surface area (Å²) in [5.41, 5.74) is 1.60. The molecule has 1 aliphatic heterocycles. The number of amides is 1. The molecule has 1 saturated heterocycles. The summed E-state index contributed by atoms with van der Waals surface area (Å²) in [5.74, 6) is 0.868. The van der Waals surface area contributed by atoms with E-state index >= 15 is 0 Å². The van der Waals surface area contributed by atoms with Gasteiger partial charge < -0.3 is 10.2 Å². The Morgan fingerprint density at radius 1 is 1.44 bits per heavy atom. The van der Waals surface area contributed by atoms with Crippen LogP contribution in [0.2, 0.25) is 0 Å². The lowest BCUT2D eigenvalue weighted by Crippen LogP contribution is -2.32. The van der Waals surface area contributed by atoms with Gasteiger partial charge in [0, 0.05) is 20.1 Å². The van der Waals surface area contributed by atoms with Crippen molar-refractivity contribution in [3.8, 4) is 0 Å². The number of carbonyl (C=O) groups excluding carboxylic acids is 1. The van der Waals surface area contributed by atoms with Gasteiger partial charge in [-0.25, -0.2) is 0 Å². The Kier molecular flexibility index (Phi) is 4.22. The minimum Gasteiger partial charge on any atom is -0.378 e. The number of hydrogen-bond acceptors (Lipinski definition) is 4. The average Bonchev–Trinajstić information content (AvgIpc) is 2.59. The van der Waals surface area contributed by atoms with Crippen molar-refractivity contribution < 1.29 is 4.79 Å². The van der Waals surface area contributed by atoms with E-state index in [0.717, 1.165) is 48.1 Å². The maximum Gasteiger partial charge on any atom is 0.258 e. The van der Waals surface area contributed by atoms with Crippen molar-refractivity contribution >= 4 is 22.4 Å². The molecule has 0 aliphatic carbocycles. The SMILES string of the molecule is CNc1snc(C)c1C(=O)N1CCCC(C)CC1. The van der Waals surface area contributed by atoms with E-state index in [1.807, 2.05) is 18.9 Å². The van der Waals surface area contributed by atoms with Crippen LogP contribution in [0.1, 0.15) is 42.2 Å². The molecule has 1 amide bonds. The van der Waals surface area contributed by atoms with Gasteiger partial charge in [0.1, 0.15) is 5.00 Å². The Hall–Kier alpha value is -1.10. The maximum atomic E-state index is 12.6. The molecule has 1 fully saturated rings. The van der Waals surface area contributed by atoms with Crippen LogP contribution in [0.4, 0.5) is 5.00 Å². The fourth-order valence-corrected chi connectivity index (χ4v) is 3.15. The zero-order chi connectivity index (χ0) is 13.1. The number of rotatable bonds is 2. The molecular formula is C13H21N3OS. The van der Waals surface area contributed by atoms with Crippen LogP contribution in [-0.2, 0) is 0 Å². The van der Waals surface area contributed by atoms with Gasteiger partial charge in [-0.1, -0.05) is 6.92 Å². The van der Waals surface area contributed by atoms with Crippen LogP contribution in [0.5, 0.6) is 0 Å². The highest BCUT2D eigenvalue weighted by Crippen LogP contribution is 2.27. The Morgan fingerprint density at radius 3 is 2.94 bits per heavy atom. The maximum absolute atomic E-state index is 12.6. The van der Waals surface area contributed by atoms with Crippen molar-refractivity contribution in [1.29, 1.82) is 0 Å². The number of nitrogens with one attached hydrogen (secondary N) is 1. The molecule has 5 heteroatoms. The van der Waals surface area contributed by atoms with E-state index in [2.05, 4.69) is 16.6 Å². The molecule has 2 rings (SSSR count). The van der Waals surface area contributed by atoms with E-state index in [1.54, 1.807) is 0 Å². The highest BCUT2D eigenvalue weighted by Gasteiger charge is 2.24. The molecule has 18 heavy (non-hydrogen) atoms. The normalized spacial score (nSPS) is 20.6. The summed E-state index contributed by atoms with van der Waals surface area (Å²) in [6, 6.07) is 0. The summed E-state index contributed by atoms with van der Waals surface area (Å²) < 4.78 is 4.27. The zero-order valence-corrected chi connectivity index (χ0v) is 12.1. The molecule has 0 radical (unpaired) electrons. The molecule has 0 bridgehead atoms. The van der Waals surface area contributed by atoms with Gasteiger partial charge in [0.25, 0.3) is 5.91 Å². The first-order valence-corrected chi connectivity index (χ1v) is 7.34. The Morgan fingerprint density at radius 2 is 2.22 bits per heavy atom. The van der Waals surface area contributed by atoms with Crippen molar-refractivity contribution in [3.05, 3.63) is 11.3 Å². The molecular weight excluding hydrogens is 246 g/mol. The second kappa shape index (κ2) is 5.69. The lowest BCUT2D eigenvalue weighted by molar-refractivity contribution is 0.0761. The molecule has 0 spiro atoms. The Bertz CT molecular complexity index is 430. The van der Waals surface area contributed by atoms with Gasteiger partial charge in [0.05, 0.1) is 11.3 Å². The van der Waals surface area contributed by atoms with Gasteiger partial charge in [-0.3, -0.25) is 4.79 Å². The minimum atomic E-state index is 0.139. The third-order valence-electron chi connectivity index (χ3n) is 3.61. The van der Waals surface area contributed by atoms with Crippen molar-refractivity contribution in [2.24, 2.45) is 5.92 Å². The van der Waals surface area contributed by atoms with E-state index in [-0.39, 0.29) is 5.91 Å². The van der Waals surface area contributed by atoms with E-state index in [1.165, 1.54) is 18.0 Å². The minimum absolute atomic E-state index is 0.139. The summed E-state index contributed by atoms with van der Waals surface area (Å²) >= 11 is 1.37. The largest absolute Gasteiger partial charge is 0.378 e. The van der Waals surface area contributed by atoms with Crippen LogP contribution in [-0.4, -0.2) is 35.3 Å². The lowest BCUT2D eigenvalue weighted by atomic mass is 10.0. The molecule has 0 aromatic carbocycles. The molecule has 2 heterocycles. The van der Waals surface area contributed by atoms with Crippen LogP contribution in [0.15, 0.2) is 0 Å². The molecule has 1 aliphatic rings. The predicted octanol–water partition coefficient (Wildman–Crippen LogP) is 2.76. The smallest absolute Gasteiger partial charge is 0.258 e. The third-order valence-corrected chi connectivity index (χ3v) is 4.56. The molecule has 1 aromatic rings. The fraction of sp³-hybridized carbons (Fsp3) is 0.692. The second-order valence-corrected chi connectivity index (χ2v) is 5.82. The standard InChI is InChI=1S/C13H21N3OS/c1-9-5-4-7-16(8-6-9)13(17)11-10(2)15-18-12(11)14-3/h9,14H,4-8H2,1-3H3. The number of carbonyl (C=O) groups is 1. The summed E-state index contributed by atoms with van der Waals surface area (Å²) in [7, 11) is 1.84. The van der Waals surface area contributed by atoms with Crippen LogP contribution in [0.25, 0.3) is 0 Å². The molecule has 1 atom stereocenters. The first-order chi connectivity index (χ1) is 8.63. The fourth-order valence-electron chi connectivity index (χ4n) is 2.42. The van der Waals surface area contributed by atoms with Gasteiger partial charge in [0.15, 0.2) is 0 Å². The summed E-state index contributed by atoms with van der Waals surface area (Å²) in [5, 5.41) is 3.95. The highest BCUT2D eigenvalue weighted by atomic mass is 32.1. The lowest BCUT2D eigenvalue weighted by Gasteiger charge is -2.20. The van der Waals surface area contributed by atoms with Crippen molar-refractivity contribution in [3.63, 3.8) is 0 Å². The van der Waals surface area contributed by atoms with Gasteiger partial charge >= 0.3 is 0 Å². The van der Waals surface area contributed by atoms with Crippen molar-refractivity contribution in [2.75, 3.05) is 25.5 Å². The number of hydrogen-bond donors (Lipinski definition) is 1. The third kappa shape index (κ3) is 2.66. The number of likely N-dealkylation sites (tertiary alicyclic amines) is 1. The Balaban J connectivity index is 2.17. The van der Waals surface area contributed by atoms with Gasteiger partial charge in [-0.05, 0) is 43.6 Å². The first-order valence-electron chi connectivity index (χ1n) is 6.56. The second-order valence-electron chi connectivity index (χ2n) is 5.05. The Labute approximate surface area is 113 Å².